The average molecular weight is 972 g/mol. The Morgan fingerprint density at radius 1 is 0.683 bits per heavy atom. The summed E-state index contributed by atoms with van der Waals surface area (Å²) < 4.78 is 35.5. The summed E-state index contributed by atoms with van der Waals surface area (Å²) in [4.78, 5) is 10.4. The zero-order valence-electron chi connectivity index (χ0n) is 39.8. The molecular formula is C55H54N3OPt-. The van der Waals surface area contributed by atoms with Gasteiger partial charge in [-0.3, -0.25) is 9.55 Å². The summed E-state index contributed by atoms with van der Waals surface area (Å²) in [7, 11) is 0. The Kier molecular flexibility index (Phi) is 10.3. The van der Waals surface area contributed by atoms with Crippen molar-refractivity contribution in [1.82, 2.24) is 14.5 Å². The summed E-state index contributed by atoms with van der Waals surface area (Å²) in [5.74, 6) is -0.00624. The van der Waals surface area contributed by atoms with E-state index in [0.29, 0.717) is 16.9 Å². The maximum Gasteiger partial charge on any atom is 0.148 e. The number of pyridine rings is 1. The Labute approximate surface area is 376 Å². The van der Waals surface area contributed by atoms with Crippen molar-refractivity contribution in [1.29, 1.82) is 0 Å². The number of phenolic OH excluding ortho intramolecular Hbond substituents is 1. The van der Waals surface area contributed by atoms with Crippen molar-refractivity contribution in [3.8, 4) is 67.5 Å². The van der Waals surface area contributed by atoms with Crippen molar-refractivity contribution in [2.24, 2.45) is 0 Å². The van der Waals surface area contributed by atoms with Gasteiger partial charge in [-0.1, -0.05) is 157 Å². The molecule has 0 saturated carbocycles. The van der Waals surface area contributed by atoms with E-state index in [1.807, 2.05) is 106 Å². The molecule has 0 unspecified atom stereocenters. The van der Waals surface area contributed by atoms with Crippen LogP contribution in [0.3, 0.4) is 0 Å². The second kappa shape index (κ2) is 16.5. The number of imidazole rings is 1. The van der Waals surface area contributed by atoms with Crippen LogP contribution in [0.4, 0.5) is 0 Å². The van der Waals surface area contributed by atoms with E-state index in [9.17, 15) is 5.11 Å². The van der Waals surface area contributed by atoms with Crippen LogP contribution in [0.2, 0.25) is 0 Å². The SMILES string of the molecule is [2H]C([2H])([2H])c1ccc(-n2c(-c3cc(C)cc(C(C)(C)C)c3O)nc3c(-c4[c-]c(-c5cc(-c6ccc(C([2H])(C)C)cc6)ccn5)cc(C(C)(C)C)c4)cccc32)c(-c2ccccc2)c1.[Pt]. The summed E-state index contributed by atoms with van der Waals surface area (Å²) >= 11 is 0. The van der Waals surface area contributed by atoms with E-state index >= 15 is 0 Å². The number of fused-ring (bicyclic) bond motifs is 1. The molecule has 2 heterocycles. The Morgan fingerprint density at radius 2 is 1.40 bits per heavy atom. The molecule has 0 aliphatic rings. The van der Waals surface area contributed by atoms with E-state index in [1.165, 1.54) is 0 Å². The van der Waals surface area contributed by atoms with Crippen LogP contribution in [0, 0.1) is 19.8 Å². The Hall–Kier alpha value is -5.57. The van der Waals surface area contributed by atoms with Crippen molar-refractivity contribution >= 4 is 11.0 Å². The van der Waals surface area contributed by atoms with Gasteiger partial charge < -0.3 is 5.11 Å². The van der Waals surface area contributed by atoms with Gasteiger partial charge in [-0.15, -0.1) is 29.3 Å². The van der Waals surface area contributed by atoms with Gasteiger partial charge in [0.2, 0.25) is 0 Å². The van der Waals surface area contributed by atoms with Crippen molar-refractivity contribution in [3.05, 3.63) is 167 Å². The van der Waals surface area contributed by atoms with Crippen molar-refractivity contribution in [3.63, 3.8) is 0 Å². The standard InChI is InChI=1S/C55H54N3O.Pt/c1-34(2)37-20-22-38(23-21-37)40-25-26-56-48(33-40)42-30-41(31-43(32-42)54(5,6)7)44-17-14-18-50-51(44)57-53(46-28-36(4)29-47(52(46)59)55(8,9)10)58(50)49-24-19-35(3)27-45(49)39-15-12-11-13-16-39;/h11-29,31-34,59H,1-10H3;/q-1;/i3D3,34D;. The molecule has 60 heavy (non-hydrogen) atoms. The van der Waals surface area contributed by atoms with Crippen molar-refractivity contribution in [2.45, 2.75) is 85.9 Å². The third kappa shape index (κ3) is 8.28. The number of benzene rings is 6. The minimum Gasteiger partial charge on any atom is -0.507 e. The maximum absolute atomic E-state index is 12.2. The topological polar surface area (TPSA) is 50.9 Å². The summed E-state index contributed by atoms with van der Waals surface area (Å²) in [6, 6.07) is 45.6. The van der Waals surface area contributed by atoms with Crippen LogP contribution < -0.4 is 0 Å². The molecule has 0 atom stereocenters. The summed E-state index contributed by atoms with van der Waals surface area (Å²) in [5, 5.41) is 12.2. The number of aromatic hydroxyl groups is 1. The normalized spacial score (nSPS) is 13.3. The van der Waals surface area contributed by atoms with E-state index in [-0.39, 0.29) is 43.2 Å². The number of hydrogen-bond acceptors (Lipinski definition) is 3. The monoisotopic (exact) mass is 971 g/mol. The Morgan fingerprint density at radius 3 is 2.08 bits per heavy atom. The molecule has 0 aliphatic heterocycles. The average Bonchev–Trinajstić information content (AvgIpc) is 3.62. The molecule has 4 nitrogen and oxygen atoms in total. The van der Waals surface area contributed by atoms with E-state index < -0.39 is 12.7 Å². The van der Waals surface area contributed by atoms with Gasteiger partial charge in [0.05, 0.1) is 22.3 Å². The fourth-order valence-corrected chi connectivity index (χ4v) is 7.88. The van der Waals surface area contributed by atoms with E-state index in [1.54, 1.807) is 12.1 Å². The number of rotatable bonds is 7. The summed E-state index contributed by atoms with van der Waals surface area (Å²) in [6.07, 6.45) is 1.83. The summed E-state index contributed by atoms with van der Waals surface area (Å²) in [6.45, 7) is 16.3. The van der Waals surface area contributed by atoms with Crippen molar-refractivity contribution < 1.29 is 31.7 Å². The predicted octanol–water partition coefficient (Wildman–Crippen LogP) is 14.6. The number of hydrogen-bond donors (Lipinski definition) is 1. The molecule has 0 radical (unpaired) electrons. The number of aryl methyl sites for hydroxylation is 2. The second-order valence-corrected chi connectivity index (χ2v) is 18.0. The fourth-order valence-electron chi connectivity index (χ4n) is 7.88. The Balaban J connectivity index is 0.00000612. The minimum absolute atomic E-state index is 0. The summed E-state index contributed by atoms with van der Waals surface area (Å²) in [5.41, 5.74) is 13.3. The smallest absolute Gasteiger partial charge is 0.148 e. The second-order valence-electron chi connectivity index (χ2n) is 18.0. The molecule has 1 N–H and O–H groups in total. The zero-order valence-corrected chi connectivity index (χ0v) is 38.1. The van der Waals surface area contributed by atoms with Gasteiger partial charge in [0.1, 0.15) is 11.6 Å². The molecule has 0 bridgehead atoms. The van der Waals surface area contributed by atoms with Gasteiger partial charge in [0.15, 0.2) is 0 Å². The first-order chi connectivity index (χ1) is 29.6. The van der Waals surface area contributed by atoms with E-state index in [2.05, 4.69) is 88.6 Å². The molecule has 8 rings (SSSR count). The number of aromatic nitrogens is 3. The van der Waals surface area contributed by atoms with E-state index in [0.717, 1.165) is 78.1 Å². The zero-order chi connectivity index (χ0) is 45.2. The van der Waals surface area contributed by atoms with Gasteiger partial charge in [-0.25, -0.2) is 4.98 Å². The number of nitrogens with zero attached hydrogens (tertiary/aromatic N) is 3. The van der Waals surface area contributed by atoms with Crippen LogP contribution >= 0.6 is 0 Å². The molecule has 306 valence electrons. The number of phenols is 1. The molecule has 8 aromatic rings. The molecule has 0 amide bonds. The van der Waals surface area contributed by atoms with Gasteiger partial charge in [-0.05, 0) is 88.6 Å². The van der Waals surface area contributed by atoms with Crippen LogP contribution in [0.15, 0.2) is 134 Å². The van der Waals surface area contributed by atoms with Gasteiger partial charge >= 0.3 is 0 Å². The molecule has 0 fully saturated rings. The molecular weight excluding hydrogens is 914 g/mol. The first-order valence-electron chi connectivity index (χ1n) is 22.3. The van der Waals surface area contributed by atoms with Crippen LogP contribution in [0.25, 0.3) is 72.7 Å². The minimum atomic E-state index is -2.32. The molecule has 0 aliphatic carbocycles. The third-order valence-corrected chi connectivity index (χ3v) is 11.2. The van der Waals surface area contributed by atoms with Crippen LogP contribution in [0.1, 0.15) is 94.6 Å². The fraction of sp³-hybridized carbons (Fsp3) is 0.236. The van der Waals surface area contributed by atoms with Gasteiger partial charge in [0, 0.05) is 49.6 Å². The quantitative estimate of drug-likeness (QED) is 0.162. The Bertz CT molecular complexity index is 3010. The molecule has 2 aromatic heterocycles. The molecule has 6 aromatic carbocycles. The van der Waals surface area contributed by atoms with Gasteiger partial charge in [-0.2, -0.15) is 0 Å². The largest absolute Gasteiger partial charge is 0.507 e. The van der Waals surface area contributed by atoms with Crippen LogP contribution in [-0.2, 0) is 31.9 Å². The van der Waals surface area contributed by atoms with Crippen LogP contribution in [0.5, 0.6) is 5.75 Å². The molecule has 5 heteroatoms. The van der Waals surface area contributed by atoms with E-state index in [4.69, 9.17) is 15.5 Å². The first-order valence-corrected chi connectivity index (χ1v) is 20.3. The molecule has 0 saturated heterocycles. The molecule has 0 spiro atoms. The predicted molar refractivity (Wildman–Crippen MR) is 248 cm³/mol. The van der Waals surface area contributed by atoms with Gasteiger partial charge in [0.25, 0.3) is 0 Å². The van der Waals surface area contributed by atoms with Crippen molar-refractivity contribution in [2.75, 3.05) is 0 Å². The third-order valence-electron chi connectivity index (χ3n) is 11.2. The number of para-hydroxylation sites is 1. The van der Waals surface area contributed by atoms with Crippen LogP contribution in [-0.4, -0.2) is 19.6 Å². The maximum atomic E-state index is 12.2. The first kappa shape index (κ1) is 37.4.